The van der Waals surface area contributed by atoms with E-state index in [1.807, 2.05) is 38.2 Å². The largest absolute Gasteiger partial charge is 0.484 e. The average molecular weight is 416 g/mol. The minimum Gasteiger partial charge on any atom is -0.484 e. The summed E-state index contributed by atoms with van der Waals surface area (Å²) in [4.78, 5) is 18.6. The van der Waals surface area contributed by atoms with Crippen molar-refractivity contribution in [1.29, 1.82) is 0 Å². The van der Waals surface area contributed by atoms with Gasteiger partial charge in [0.25, 0.3) is 5.91 Å². The number of amides is 1. The van der Waals surface area contributed by atoms with Gasteiger partial charge >= 0.3 is 0 Å². The lowest BCUT2D eigenvalue weighted by atomic mass is 10.1. The molecule has 1 aliphatic heterocycles. The zero-order chi connectivity index (χ0) is 21.2. The Hall–Kier alpha value is -2.28. The molecule has 1 aromatic carbocycles. The highest BCUT2D eigenvalue weighted by atomic mass is 16.5. The molecule has 0 bridgehead atoms. The Labute approximate surface area is 180 Å². The molecule has 1 unspecified atom stereocenters. The first kappa shape index (κ1) is 22.4. The molecule has 3 rings (SSSR count). The van der Waals surface area contributed by atoms with Crippen LogP contribution in [0.25, 0.3) is 0 Å². The summed E-state index contributed by atoms with van der Waals surface area (Å²) < 4.78 is 5.58. The maximum atomic E-state index is 11.6. The van der Waals surface area contributed by atoms with Crippen LogP contribution >= 0.6 is 0 Å². The lowest BCUT2D eigenvalue weighted by molar-refractivity contribution is -0.122. The number of likely N-dealkylation sites (N-methyl/N-ethyl adjacent to an activating group) is 1. The van der Waals surface area contributed by atoms with Gasteiger partial charge in [-0.2, -0.15) is 0 Å². The molecule has 7 heteroatoms. The Morgan fingerprint density at radius 2 is 2.07 bits per heavy atom. The molecule has 1 saturated heterocycles. The van der Waals surface area contributed by atoms with E-state index in [4.69, 9.17) is 4.74 Å². The molecule has 166 valence electrons. The van der Waals surface area contributed by atoms with Gasteiger partial charge in [-0.1, -0.05) is 25.0 Å². The third-order valence-corrected chi connectivity index (χ3v) is 5.93. The van der Waals surface area contributed by atoms with Crippen LogP contribution < -0.4 is 20.7 Å². The number of carbonyl (C=O) groups excluding carboxylic acids is 1. The number of benzene rings is 1. The molecule has 7 nitrogen and oxygen atoms in total. The second-order valence-electron chi connectivity index (χ2n) is 8.36. The minimum atomic E-state index is -0.107. The van der Waals surface area contributed by atoms with Gasteiger partial charge in [0.15, 0.2) is 12.6 Å². The summed E-state index contributed by atoms with van der Waals surface area (Å²) in [5.41, 5.74) is 1.08. The predicted molar refractivity (Wildman–Crippen MR) is 121 cm³/mol. The highest BCUT2D eigenvalue weighted by Gasteiger charge is 2.26. The quantitative estimate of drug-likeness (QED) is 0.425. The van der Waals surface area contributed by atoms with E-state index >= 15 is 0 Å². The fourth-order valence-electron chi connectivity index (χ4n) is 4.39. The first-order valence-electron chi connectivity index (χ1n) is 11.3. The third kappa shape index (κ3) is 7.20. The van der Waals surface area contributed by atoms with Crippen LogP contribution in [0.15, 0.2) is 29.3 Å². The van der Waals surface area contributed by atoms with Crippen molar-refractivity contribution < 1.29 is 9.53 Å². The highest BCUT2D eigenvalue weighted by Crippen LogP contribution is 2.26. The number of carbonyl (C=O) groups is 1. The molecule has 1 aliphatic carbocycles. The molecule has 0 spiro atoms. The minimum absolute atomic E-state index is 0.0347. The summed E-state index contributed by atoms with van der Waals surface area (Å²) in [6.07, 6.45) is 6.80. The molecule has 30 heavy (non-hydrogen) atoms. The van der Waals surface area contributed by atoms with Crippen LogP contribution in [0, 0.1) is 5.92 Å². The standard InChI is InChI=1S/C23H37N5O2/c1-3-25-22(29)17-30-21-10-6-9-19(13-21)14-26-23(24-2)27-20-11-12-28(16-20)15-18-7-4-5-8-18/h6,9-10,13,18,20H,3-5,7-8,11-12,14-17H2,1-2H3,(H,25,29)(H2,24,26,27). The van der Waals surface area contributed by atoms with Gasteiger partial charge in [0.2, 0.25) is 0 Å². The van der Waals surface area contributed by atoms with Gasteiger partial charge in [-0.15, -0.1) is 0 Å². The van der Waals surface area contributed by atoms with Gasteiger partial charge in [0.1, 0.15) is 5.75 Å². The number of hydrogen-bond acceptors (Lipinski definition) is 4. The number of likely N-dealkylation sites (tertiary alicyclic amines) is 1. The Bertz CT molecular complexity index is 703. The van der Waals surface area contributed by atoms with Gasteiger partial charge in [-0.05, 0) is 49.8 Å². The van der Waals surface area contributed by atoms with Gasteiger partial charge in [0.05, 0.1) is 0 Å². The lowest BCUT2D eigenvalue weighted by Crippen LogP contribution is -2.44. The molecule has 0 radical (unpaired) electrons. The Morgan fingerprint density at radius 3 is 2.83 bits per heavy atom. The van der Waals surface area contributed by atoms with E-state index in [2.05, 4.69) is 25.8 Å². The van der Waals surface area contributed by atoms with E-state index in [0.717, 1.165) is 30.4 Å². The van der Waals surface area contributed by atoms with E-state index in [9.17, 15) is 4.79 Å². The lowest BCUT2D eigenvalue weighted by Gasteiger charge is -2.21. The zero-order valence-corrected chi connectivity index (χ0v) is 18.5. The number of nitrogens with zero attached hydrogens (tertiary/aromatic N) is 2. The fraction of sp³-hybridized carbons (Fsp3) is 0.652. The Balaban J connectivity index is 1.41. The molecule has 2 aliphatic rings. The van der Waals surface area contributed by atoms with Crippen molar-refractivity contribution in [2.75, 3.05) is 39.8 Å². The molecule has 1 saturated carbocycles. The summed E-state index contributed by atoms with van der Waals surface area (Å²) in [6, 6.07) is 8.26. The van der Waals surface area contributed by atoms with Crippen LogP contribution in [0.1, 0.15) is 44.6 Å². The number of nitrogens with one attached hydrogen (secondary N) is 3. The summed E-state index contributed by atoms with van der Waals surface area (Å²) in [5, 5.41) is 9.70. The van der Waals surface area contributed by atoms with E-state index < -0.39 is 0 Å². The normalized spacial score (nSPS) is 20.3. The molecule has 1 amide bonds. The van der Waals surface area contributed by atoms with E-state index in [1.54, 1.807) is 0 Å². The molecule has 2 fully saturated rings. The van der Waals surface area contributed by atoms with Crippen molar-refractivity contribution in [3.05, 3.63) is 29.8 Å². The van der Waals surface area contributed by atoms with E-state index in [0.29, 0.717) is 24.9 Å². The molecule has 1 aromatic rings. The van der Waals surface area contributed by atoms with Crippen molar-refractivity contribution in [3.63, 3.8) is 0 Å². The first-order valence-corrected chi connectivity index (χ1v) is 11.3. The number of rotatable bonds is 9. The van der Waals surface area contributed by atoms with Gasteiger partial charge in [0, 0.05) is 45.8 Å². The average Bonchev–Trinajstić information content (AvgIpc) is 3.42. The van der Waals surface area contributed by atoms with E-state index in [-0.39, 0.29) is 12.5 Å². The van der Waals surface area contributed by atoms with Gasteiger partial charge < -0.3 is 25.6 Å². The third-order valence-electron chi connectivity index (χ3n) is 5.93. The second-order valence-corrected chi connectivity index (χ2v) is 8.36. The number of guanidine groups is 1. The summed E-state index contributed by atoms with van der Waals surface area (Å²) in [6.45, 7) is 6.72. The number of ether oxygens (including phenoxy) is 1. The van der Waals surface area contributed by atoms with Crippen molar-refractivity contribution in [2.45, 2.75) is 51.6 Å². The Morgan fingerprint density at radius 1 is 1.23 bits per heavy atom. The monoisotopic (exact) mass is 415 g/mol. The van der Waals surface area contributed by atoms with Crippen molar-refractivity contribution in [3.8, 4) is 5.75 Å². The SMILES string of the molecule is CCNC(=O)COc1cccc(CNC(=NC)NC2CCN(CC3CCCC3)C2)c1. The molecular weight excluding hydrogens is 378 g/mol. The summed E-state index contributed by atoms with van der Waals surface area (Å²) in [5.74, 6) is 2.33. The van der Waals surface area contributed by atoms with Crippen LogP contribution in [-0.4, -0.2) is 62.6 Å². The van der Waals surface area contributed by atoms with Gasteiger partial charge in [-0.3, -0.25) is 9.79 Å². The van der Waals surface area contributed by atoms with E-state index in [1.165, 1.54) is 38.8 Å². The van der Waals surface area contributed by atoms with Gasteiger partial charge in [-0.25, -0.2) is 0 Å². The molecule has 1 atom stereocenters. The Kier molecular flexibility index (Phi) is 8.81. The second kappa shape index (κ2) is 11.8. The van der Waals surface area contributed by atoms with Crippen molar-refractivity contribution in [1.82, 2.24) is 20.9 Å². The number of hydrogen-bond donors (Lipinski definition) is 3. The van der Waals surface area contributed by atoms with Crippen molar-refractivity contribution >= 4 is 11.9 Å². The van der Waals surface area contributed by atoms with Crippen LogP contribution in [0.4, 0.5) is 0 Å². The smallest absolute Gasteiger partial charge is 0.257 e. The molecule has 1 heterocycles. The zero-order valence-electron chi connectivity index (χ0n) is 18.5. The molecular formula is C23H37N5O2. The summed E-state index contributed by atoms with van der Waals surface area (Å²) in [7, 11) is 1.81. The topological polar surface area (TPSA) is 78.0 Å². The highest BCUT2D eigenvalue weighted by molar-refractivity contribution is 5.80. The first-order chi connectivity index (χ1) is 14.7. The van der Waals surface area contributed by atoms with Crippen molar-refractivity contribution in [2.24, 2.45) is 10.9 Å². The maximum absolute atomic E-state index is 11.6. The molecule has 0 aromatic heterocycles. The van der Waals surface area contributed by atoms with Crippen LogP contribution in [0.3, 0.4) is 0 Å². The summed E-state index contributed by atoms with van der Waals surface area (Å²) >= 11 is 0. The van der Waals surface area contributed by atoms with Crippen LogP contribution in [0.2, 0.25) is 0 Å². The number of aliphatic imine (C=N–C) groups is 1. The maximum Gasteiger partial charge on any atom is 0.257 e. The molecule has 3 N–H and O–H groups in total. The predicted octanol–water partition coefficient (Wildman–Crippen LogP) is 2.13. The fourth-order valence-corrected chi connectivity index (χ4v) is 4.39. The van der Waals surface area contributed by atoms with Crippen LogP contribution in [0.5, 0.6) is 5.75 Å². The van der Waals surface area contributed by atoms with Crippen LogP contribution in [-0.2, 0) is 11.3 Å².